The zero-order valence-corrected chi connectivity index (χ0v) is 18.7. The van der Waals surface area contributed by atoms with Crippen molar-refractivity contribution in [3.05, 3.63) is 68.2 Å². The molecule has 0 radical (unpaired) electrons. The Balaban J connectivity index is 1.71. The predicted octanol–water partition coefficient (Wildman–Crippen LogP) is 3.97. The van der Waals surface area contributed by atoms with Crippen LogP contribution in [0.5, 0.6) is 0 Å². The lowest BCUT2D eigenvalue weighted by Crippen LogP contribution is -2.25. The van der Waals surface area contributed by atoms with Gasteiger partial charge in [0.05, 0.1) is 17.8 Å². The van der Waals surface area contributed by atoms with Gasteiger partial charge in [-0.15, -0.1) is 0 Å². The molecule has 0 saturated carbocycles. The molecule has 1 aliphatic rings. The van der Waals surface area contributed by atoms with Crippen molar-refractivity contribution < 1.29 is 4.79 Å². The SMILES string of the molecule is CC(C)(C)c1cc(NC(=O)Cc2ccccc2Cl)n(-c2nc3c(c(=O)[nH]2)CCCC3)n1. The number of anilines is 1. The molecule has 7 nitrogen and oxygen atoms in total. The minimum absolute atomic E-state index is 0.129. The summed E-state index contributed by atoms with van der Waals surface area (Å²) in [6, 6.07) is 9.07. The van der Waals surface area contributed by atoms with Gasteiger partial charge in [-0.1, -0.05) is 50.6 Å². The second-order valence-electron chi connectivity index (χ2n) is 8.91. The number of hydrogen-bond donors (Lipinski definition) is 2. The van der Waals surface area contributed by atoms with Gasteiger partial charge in [0.1, 0.15) is 5.82 Å². The van der Waals surface area contributed by atoms with Crippen molar-refractivity contribution in [2.75, 3.05) is 5.32 Å². The third-order valence-electron chi connectivity index (χ3n) is 5.43. The molecule has 0 aliphatic heterocycles. The normalized spacial score (nSPS) is 13.7. The Morgan fingerprint density at radius 2 is 1.97 bits per heavy atom. The second kappa shape index (κ2) is 8.30. The van der Waals surface area contributed by atoms with Gasteiger partial charge in [0.15, 0.2) is 0 Å². The average Bonchev–Trinajstić information content (AvgIpc) is 3.14. The number of hydrogen-bond acceptors (Lipinski definition) is 4. The minimum Gasteiger partial charge on any atom is -0.310 e. The maximum absolute atomic E-state index is 12.8. The molecule has 1 aliphatic carbocycles. The smallest absolute Gasteiger partial charge is 0.255 e. The van der Waals surface area contributed by atoms with Crippen LogP contribution in [0.3, 0.4) is 0 Å². The highest BCUT2D eigenvalue weighted by Gasteiger charge is 2.24. The summed E-state index contributed by atoms with van der Waals surface area (Å²) >= 11 is 6.20. The highest BCUT2D eigenvalue weighted by molar-refractivity contribution is 6.31. The Bertz CT molecular complexity index is 1190. The summed E-state index contributed by atoms with van der Waals surface area (Å²) in [7, 11) is 0. The summed E-state index contributed by atoms with van der Waals surface area (Å²) in [5.41, 5.74) is 2.70. The molecular formula is C23H26ClN5O2. The van der Waals surface area contributed by atoms with Crippen LogP contribution < -0.4 is 10.9 Å². The van der Waals surface area contributed by atoms with Gasteiger partial charge in [-0.25, -0.2) is 4.98 Å². The zero-order valence-electron chi connectivity index (χ0n) is 18.0. The van der Waals surface area contributed by atoms with Crippen LogP contribution in [-0.4, -0.2) is 25.7 Å². The summed E-state index contributed by atoms with van der Waals surface area (Å²) in [5.74, 6) is 0.546. The van der Waals surface area contributed by atoms with Crippen molar-refractivity contribution >= 4 is 23.3 Å². The Kier molecular flexibility index (Phi) is 5.71. The van der Waals surface area contributed by atoms with Crippen LogP contribution in [0.25, 0.3) is 5.95 Å². The molecular weight excluding hydrogens is 414 g/mol. The van der Waals surface area contributed by atoms with Crippen molar-refractivity contribution in [1.29, 1.82) is 0 Å². The van der Waals surface area contributed by atoms with E-state index in [1.807, 2.05) is 45.0 Å². The number of aromatic amines is 1. The summed E-state index contributed by atoms with van der Waals surface area (Å²) in [4.78, 5) is 32.9. The number of H-pyrrole nitrogens is 1. The molecule has 4 rings (SSSR count). The molecule has 2 aromatic heterocycles. The van der Waals surface area contributed by atoms with Gasteiger partial charge >= 0.3 is 0 Å². The zero-order chi connectivity index (χ0) is 22.2. The first-order chi connectivity index (χ1) is 14.7. The molecule has 8 heteroatoms. The van der Waals surface area contributed by atoms with Crippen LogP contribution in [0.15, 0.2) is 35.1 Å². The first-order valence-corrected chi connectivity index (χ1v) is 10.9. The molecule has 0 spiro atoms. The molecule has 0 fully saturated rings. The van der Waals surface area contributed by atoms with Crippen LogP contribution in [0, 0.1) is 0 Å². The van der Waals surface area contributed by atoms with E-state index in [1.54, 1.807) is 6.07 Å². The average molecular weight is 440 g/mol. The van der Waals surface area contributed by atoms with Crippen LogP contribution in [0.2, 0.25) is 5.02 Å². The van der Waals surface area contributed by atoms with E-state index in [0.29, 0.717) is 16.8 Å². The number of nitrogens with one attached hydrogen (secondary N) is 2. The van der Waals surface area contributed by atoms with Crippen molar-refractivity contribution in [3.8, 4) is 5.95 Å². The number of aryl methyl sites for hydroxylation is 1. The quantitative estimate of drug-likeness (QED) is 0.643. The van der Waals surface area contributed by atoms with Crippen molar-refractivity contribution in [1.82, 2.24) is 19.7 Å². The van der Waals surface area contributed by atoms with E-state index in [-0.39, 0.29) is 23.3 Å². The highest BCUT2D eigenvalue weighted by atomic mass is 35.5. The Morgan fingerprint density at radius 1 is 1.23 bits per heavy atom. The van der Waals surface area contributed by atoms with E-state index in [4.69, 9.17) is 11.6 Å². The third-order valence-corrected chi connectivity index (χ3v) is 5.80. The van der Waals surface area contributed by atoms with E-state index in [1.165, 1.54) is 4.68 Å². The van der Waals surface area contributed by atoms with E-state index in [9.17, 15) is 9.59 Å². The van der Waals surface area contributed by atoms with Gasteiger partial charge in [0.2, 0.25) is 11.9 Å². The number of halogens is 1. The second-order valence-corrected chi connectivity index (χ2v) is 9.32. The molecule has 0 unspecified atom stereocenters. The topological polar surface area (TPSA) is 92.7 Å². The molecule has 2 N–H and O–H groups in total. The third kappa shape index (κ3) is 4.56. The van der Waals surface area contributed by atoms with Crippen LogP contribution in [0.4, 0.5) is 5.82 Å². The predicted molar refractivity (Wildman–Crippen MR) is 121 cm³/mol. The largest absolute Gasteiger partial charge is 0.310 e. The first-order valence-electron chi connectivity index (χ1n) is 10.5. The van der Waals surface area contributed by atoms with Crippen molar-refractivity contribution in [2.24, 2.45) is 0 Å². The number of carbonyl (C=O) groups excluding carboxylic acids is 1. The van der Waals surface area contributed by atoms with Gasteiger partial charge < -0.3 is 5.32 Å². The van der Waals surface area contributed by atoms with E-state index in [2.05, 4.69) is 20.4 Å². The van der Waals surface area contributed by atoms with Crippen LogP contribution in [-0.2, 0) is 29.5 Å². The maximum Gasteiger partial charge on any atom is 0.255 e. The lowest BCUT2D eigenvalue weighted by atomic mass is 9.92. The number of benzene rings is 1. The summed E-state index contributed by atoms with van der Waals surface area (Å²) in [6.07, 6.45) is 3.65. The van der Waals surface area contributed by atoms with E-state index in [0.717, 1.165) is 48.2 Å². The molecule has 3 aromatic rings. The molecule has 1 aromatic carbocycles. The van der Waals surface area contributed by atoms with Gasteiger partial charge in [-0.05, 0) is 37.3 Å². The van der Waals surface area contributed by atoms with E-state index >= 15 is 0 Å². The molecule has 2 heterocycles. The monoisotopic (exact) mass is 439 g/mol. The lowest BCUT2D eigenvalue weighted by molar-refractivity contribution is -0.115. The van der Waals surface area contributed by atoms with Crippen molar-refractivity contribution in [2.45, 2.75) is 58.3 Å². The number of amides is 1. The minimum atomic E-state index is -0.248. The Hall–Kier alpha value is -2.93. The summed E-state index contributed by atoms with van der Waals surface area (Å²) < 4.78 is 1.52. The highest BCUT2D eigenvalue weighted by Crippen LogP contribution is 2.26. The Labute approximate surface area is 185 Å². The van der Waals surface area contributed by atoms with Crippen LogP contribution in [0.1, 0.15) is 56.1 Å². The van der Waals surface area contributed by atoms with Gasteiger partial charge in [0.25, 0.3) is 5.56 Å². The number of rotatable bonds is 4. The van der Waals surface area contributed by atoms with Crippen LogP contribution >= 0.6 is 11.6 Å². The standard InChI is InChI=1S/C23H26ClN5O2/c1-23(2,3)18-13-19(26-20(30)12-14-8-4-6-10-16(14)24)29(28-18)22-25-17-11-7-5-9-15(17)21(31)27-22/h4,6,8,10,13H,5,7,9,11-12H2,1-3H3,(H,26,30)(H,25,27,31). The summed E-state index contributed by atoms with van der Waals surface area (Å²) in [6.45, 7) is 6.12. The van der Waals surface area contributed by atoms with Gasteiger partial charge in [-0.2, -0.15) is 9.78 Å². The van der Waals surface area contributed by atoms with E-state index < -0.39 is 0 Å². The molecule has 31 heavy (non-hydrogen) atoms. The van der Waals surface area contributed by atoms with Gasteiger partial charge in [-0.3, -0.25) is 14.6 Å². The number of fused-ring (bicyclic) bond motifs is 1. The lowest BCUT2D eigenvalue weighted by Gasteiger charge is -2.16. The number of nitrogens with zero attached hydrogens (tertiary/aromatic N) is 3. The molecule has 0 atom stereocenters. The van der Waals surface area contributed by atoms with Gasteiger partial charge in [0, 0.05) is 22.1 Å². The fraction of sp³-hybridized carbons (Fsp3) is 0.391. The fourth-order valence-electron chi connectivity index (χ4n) is 3.69. The number of carbonyl (C=O) groups is 1. The van der Waals surface area contributed by atoms with Crippen molar-refractivity contribution in [3.63, 3.8) is 0 Å². The molecule has 162 valence electrons. The molecule has 0 bridgehead atoms. The fourth-order valence-corrected chi connectivity index (χ4v) is 3.89. The molecule has 1 amide bonds. The Morgan fingerprint density at radius 3 is 2.71 bits per heavy atom. The first kappa shape index (κ1) is 21.3. The molecule has 0 saturated heterocycles. The maximum atomic E-state index is 12.8. The number of aromatic nitrogens is 4. The summed E-state index contributed by atoms with van der Waals surface area (Å²) in [5, 5.41) is 8.12.